The zero-order chi connectivity index (χ0) is 44.8. The van der Waals surface area contributed by atoms with E-state index in [0.717, 1.165) is 72.6 Å². The van der Waals surface area contributed by atoms with Gasteiger partial charge in [0.1, 0.15) is 23.2 Å². The lowest BCUT2D eigenvalue weighted by molar-refractivity contribution is 0.448. The summed E-state index contributed by atoms with van der Waals surface area (Å²) in [4.78, 5) is 14.5. The van der Waals surface area contributed by atoms with E-state index in [1.54, 1.807) is 6.20 Å². The molecule has 0 atom stereocenters. The van der Waals surface area contributed by atoms with Crippen LogP contribution in [0.4, 0.5) is 5.69 Å². The van der Waals surface area contributed by atoms with Gasteiger partial charge in [-0.2, -0.15) is 5.26 Å². The average Bonchev–Trinajstić information content (AvgIpc) is 3.70. The molecule has 0 fully saturated rings. The molecule has 0 aliphatic rings. The Morgan fingerprint density at radius 3 is 1.75 bits per heavy atom. The second-order valence-corrected chi connectivity index (χ2v) is 18.2. The summed E-state index contributed by atoms with van der Waals surface area (Å²) in [5, 5.41) is 22.7. The number of rotatable bonds is 7. The molecule has 0 saturated heterocycles. The summed E-state index contributed by atoms with van der Waals surface area (Å²) >= 11 is 0. The smallest absolute Gasteiger partial charge is 0.198 e. The van der Waals surface area contributed by atoms with E-state index < -0.39 is 10.8 Å². The molecule has 0 aliphatic carbocycles. The summed E-state index contributed by atoms with van der Waals surface area (Å²) in [5.41, 5.74) is 14.4. The molecule has 9 aromatic rings. The van der Waals surface area contributed by atoms with Gasteiger partial charge in [0.15, 0.2) is 5.69 Å². The van der Waals surface area contributed by atoms with Crippen LogP contribution < -0.4 is 0 Å². The minimum absolute atomic E-state index is 0.0596. The molecule has 0 aliphatic heterocycles. The third-order valence-electron chi connectivity index (χ3n) is 11.9. The van der Waals surface area contributed by atoms with Crippen molar-refractivity contribution in [1.82, 2.24) is 14.4 Å². The van der Waals surface area contributed by atoms with Crippen molar-refractivity contribution in [3.63, 3.8) is 0 Å². The molecule has 0 spiro atoms. The predicted molar refractivity (Wildman–Crippen MR) is 261 cm³/mol. The minimum Gasteiger partial charge on any atom is -0.508 e. The summed E-state index contributed by atoms with van der Waals surface area (Å²) < 4.78 is 2.14. The predicted octanol–water partition coefficient (Wildman–Crippen LogP) is 15.1. The number of phenolic OH excluding ortho intramolecular Hbond substituents is 1. The molecule has 3 aromatic heterocycles. The number of hydrogen-bond acceptors (Lipinski definition) is 4. The zero-order valence-electron chi connectivity index (χ0n) is 36.8. The Kier molecular flexibility index (Phi) is 10.5. The van der Waals surface area contributed by atoms with Crippen LogP contribution in [0.5, 0.6) is 5.75 Å². The fourth-order valence-electron chi connectivity index (χ4n) is 8.83. The first-order valence-corrected chi connectivity index (χ1v) is 21.5. The summed E-state index contributed by atoms with van der Waals surface area (Å²) in [6.45, 7) is 20.8. The Morgan fingerprint density at radius 1 is 0.578 bits per heavy atom. The van der Waals surface area contributed by atoms with Crippen LogP contribution in [-0.2, 0) is 10.8 Å². The first-order chi connectivity index (χ1) is 30.9. The number of aromatic hydroxyl groups is 1. The van der Waals surface area contributed by atoms with E-state index in [4.69, 9.17) is 16.5 Å². The maximum atomic E-state index is 12.6. The van der Waals surface area contributed by atoms with E-state index in [9.17, 15) is 10.4 Å². The highest BCUT2D eigenvalue weighted by Gasteiger charge is 2.33. The van der Waals surface area contributed by atoms with Crippen molar-refractivity contribution in [2.75, 3.05) is 0 Å². The summed E-state index contributed by atoms with van der Waals surface area (Å²) in [7, 11) is 0. The van der Waals surface area contributed by atoms with Crippen LogP contribution in [-0.4, -0.2) is 19.5 Å². The molecule has 6 nitrogen and oxygen atoms in total. The summed E-state index contributed by atoms with van der Waals surface area (Å²) in [6.07, 6.45) is 3.70. The van der Waals surface area contributed by atoms with Crippen molar-refractivity contribution in [1.29, 1.82) is 5.26 Å². The van der Waals surface area contributed by atoms with Crippen LogP contribution in [0.25, 0.3) is 88.8 Å². The molecule has 9 rings (SSSR count). The average molecular weight is 830 g/mol. The second kappa shape index (κ2) is 16.3. The Balaban J connectivity index is 1.37. The van der Waals surface area contributed by atoms with E-state index in [0.29, 0.717) is 33.7 Å². The van der Waals surface area contributed by atoms with Crippen LogP contribution in [0.15, 0.2) is 170 Å². The van der Waals surface area contributed by atoms with Crippen LogP contribution >= 0.6 is 0 Å². The van der Waals surface area contributed by atoms with Crippen molar-refractivity contribution in [3.05, 3.63) is 198 Å². The normalized spacial score (nSPS) is 11.6. The van der Waals surface area contributed by atoms with E-state index in [-0.39, 0.29) is 5.75 Å². The highest BCUT2D eigenvalue weighted by Crippen LogP contribution is 2.51. The van der Waals surface area contributed by atoms with E-state index in [2.05, 4.69) is 103 Å². The van der Waals surface area contributed by atoms with Crippen LogP contribution in [0, 0.1) is 17.9 Å². The molecule has 0 unspecified atom stereocenters. The Labute approximate surface area is 375 Å². The minimum atomic E-state index is -0.555. The molecule has 6 aromatic carbocycles. The van der Waals surface area contributed by atoms with Crippen molar-refractivity contribution >= 4 is 11.3 Å². The number of aromatic nitrogens is 3. The molecule has 6 heteroatoms. The van der Waals surface area contributed by atoms with Crippen molar-refractivity contribution in [2.45, 2.75) is 52.4 Å². The first-order valence-electron chi connectivity index (χ1n) is 21.5. The lowest BCUT2D eigenvalue weighted by atomic mass is 9.76. The van der Waals surface area contributed by atoms with E-state index >= 15 is 0 Å². The fourth-order valence-corrected chi connectivity index (χ4v) is 8.83. The maximum absolute atomic E-state index is 12.6. The standard InChI is InChI=1S/C58H47N5O/c1-57(2,3)49-33-48(55(64)51(53(49)60-7)58(4,5)6)52-54(46-27-18-17-26-44(46)38-22-13-9-14-23-38)63-29-19-28-45(56(63)62-52)41-30-40(37-20-11-8-12-21-37)31-42(32-41)50-34-47(43(35-59)36-61-50)39-24-15-10-16-25-39/h8-34,36,64H,1-6H3. The molecule has 0 saturated carbocycles. The van der Waals surface area contributed by atoms with Gasteiger partial charge < -0.3 is 5.11 Å². The molecule has 0 radical (unpaired) electrons. The molecule has 310 valence electrons. The topological polar surface area (TPSA) is 78.6 Å². The first kappa shape index (κ1) is 41.3. The number of nitriles is 1. The Hall–Kier alpha value is -8.06. The maximum Gasteiger partial charge on any atom is 0.198 e. The number of fused-ring (bicyclic) bond motifs is 1. The molecule has 1 N–H and O–H groups in total. The lowest BCUT2D eigenvalue weighted by Gasteiger charge is -2.29. The molecular formula is C58H47N5O. The Morgan fingerprint density at radius 2 is 1.14 bits per heavy atom. The van der Waals surface area contributed by atoms with Gasteiger partial charge in [0.05, 0.1) is 23.5 Å². The van der Waals surface area contributed by atoms with E-state index in [1.165, 1.54) is 0 Å². The number of benzene rings is 6. The second-order valence-electron chi connectivity index (χ2n) is 18.2. The van der Waals surface area contributed by atoms with Crippen LogP contribution in [0.2, 0.25) is 0 Å². The third-order valence-corrected chi connectivity index (χ3v) is 11.9. The molecule has 0 bridgehead atoms. The zero-order valence-corrected chi connectivity index (χ0v) is 36.8. The molecular weight excluding hydrogens is 783 g/mol. The van der Waals surface area contributed by atoms with E-state index in [1.807, 2.05) is 118 Å². The quantitative estimate of drug-likeness (QED) is 0.162. The van der Waals surface area contributed by atoms with Crippen LogP contribution in [0.3, 0.4) is 0 Å². The molecule has 3 heterocycles. The molecule has 0 amide bonds. The van der Waals surface area contributed by atoms with Crippen molar-refractivity contribution in [2.24, 2.45) is 0 Å². The highest BCUT2D eigenvalue weighted by molar-refractivity contribution is 5.96. The van der Waals surface area contributed by atoms with Gasteiger partial charge in [-0.3, -0.25) is 9.38 Å². The fraction of sp³-hybridized carbons (Fsp3) is 0.138. The van der Waals surface area contributed by atoms with Crippen molar-refractivity contribution < 1.29 is 5.11 Å². The monoisotopic (exact) mass is 829 g/mol. The van der Waals surface area contributed by atoms with Gasteiger partial charge in [-0.05, 0) is 86.2 Å². The number of hydrogen-bond donors (Lipinski definition) is 1. The molecule has 64 heavy (non-hydrogen) atoms. The highest BCUT2D eigenvalue weighted by atomic mass is 16.3. The van der Waals surface area contributed by atoms with Crippen LogP contribution in [0.1, 0.15) is 58.2 Å². The number of imidazole rings is 1. The Bertz CT molecular complexity index is 3300. The SMILES string of the molecule is [C-]#[N+]c1c(C(C)(C)C)cc(-c2nc3c(-c4cc(-c5ccccc5)cc(-c5cc(-c6ccccc6)c(C#N)cn5)c4)cccn3c2-c2ccccc2-c2ccccc2)c(O)c1C(C)(C)C. The largest absolute Gasteiger partial charge is 0.508 e. The van der Waals surface area contributed by atoms with Gasteiger partial charge in [-0.25, -0.2) is 9.83 Å². The number of phenols is 1. The number of pyridine rings is 2. The summed E-state index contributed by atoms with van der Waals surface area (Å²) in [5.74, 6) is 0.0596. The lowest BCUT2D eigenvalue weighted by Crippen LogP contribution is -2.17. The third kappa shape index (κ3) is 7.50. The van der Waals surface area contributed by atoms with Gasteiger partial charge in [-0.1, -0.05) is 163 Å². The van der Waals surface area contributed by atoms with Gasteiger partial charge in [-0.15, -0.1) is 0 Å². The number of nitrogens with zero attached hydrogens (tertiary/aromatic N) is 5. The van der Waals surface area contributed by atoms with Gasteiger partial charge in [0, 0.05) is 45.8 Å². The van der Waals surface area contributed by atoms with Gasteiger partial charge in [0.25, 0.3) is 0 Å². The van der Waals surface area contributed by atoms with Gasteiger partial charge >= 0.3 is 0 Å². The van der Waals surface area contributed by atoms with Crippen molar-refractivity contribution in [3.8, 4) is 90.1 Å². The summed E-state index contributed by atoms with van der Waals surface area (Å²) in [6, 6.07) is 55.9. The van der Waals surface area contributed by atoms with Gasteiger partial charge in [0.2, 0.25) is 0 Å².